The highest BCUT2D eigenvalue weighted by Gasteiger charge is 2.62. The SMILES string of the molecule is Cl.NC1=NC2(c3cc(NC(=O)c4ncc(OCC(F)F)cc4F)ccc3F)COCC2(F)CO1. The molecule has 0 aliphatic carbocycles. The Morgan fingerprint density at radius 3 is 2.68 bits per heavy atom. The number of hydrogen-bond acceptors (Lipinski definition) is 7. The fourth-order valence-electron chi connectivity index (χ4n) is 3.63. The molecule has 2 aromatic rings. The van der Waals surface area contributed by atoms with Gasteiger partial charge in [0.25, 0.3) is 18.4 Å². The van der Waals surface area contributed by atoms with Crippen LogP contribution in [-0.4, -0.2) is 55.4 Å². The van der Waals surface area contributed by atoms with E-state index in [1.54, 1.807) is 0 Å². The number of rotatable bonds is 6. The van der Waals surface area contributed by atoms with Crippen molar-refractivity contribution in [2.24, 2.45) is 10.7 Å². The maximum absolute atomic E-state index is 15.5. The van der Waals surface area contributed by atoms with Gasteiger partial charge in [-0.1, -0.05) is 0 Å². The van der Waals surface area contributed by atoms with Crippen LogP contribution in [0.25, 0.3) is 0 Å². The van der Waals surface area contributed by atoms with Gasteiger partial charge >= 0.3 is 0 Å². The lowest BCUT2D eigenvalue weighted by atomic mass is 9.78. The molecule has 34 heavy (non-hydrogen) atoms. The predicted molar refractivity (Wildman–Crippen MR) is 111 cm³/mol. The highest BCUT2D eigenvalue weighted by molar-refractivity contribution is 6.03. The van der Waals surface area contributed by atoms with Gasteiger partial charge in [-0.2, -0.15) is 0 Å². The van der Waals surface area contributed by atoms with Crippen molar-refractivity contribution in [2.45, 2.75) is 17.6 Å². The lowest BCUT2D eigenvalue weighted by Crippen LogP contribution is -2.55. The monoisotopic (exact) mass is 508 g/mol. The second-order valence-electron chi connectivity index (χ2n) is 7.41. The molecule has 8 nitrogen and oxygen atoms in total. The van der Waals surface area contributed by atoms with Crippen molar-refractivity contribution >= 4 is 30.0 Å². The average Bonchev–Trinajstić information content (AvgIpc) is 3.10. The number of nitrogens with two attached hydrogens (primary N) is 1. The predicted octanol–water partition coefficient (Wildman–Crippen LogP) is 2.96. The van der Waals surface area contributed by atoms with E-state index in [-0.39, 0.29) is 42.0 Å². The van der Waals surface area contributed by atoms with Crippen LogP contribution >= 0.6 is 12.4 Å². The van der Waals surface area contributed by atoms with E-state index in [4.69, 9.17) is 15.2 Å². The van der Waals surface area contributed by atoms with Crippen molar-refractivity contribution in [1.29, 1.82) is 0 Å². The third-order valence-corrected chi connectivity index (χ3v) is 5.21. The number of amidine groups is 1. The molecule has 184 valence electrons. The number of ether oxygens (including phenoxy) is 3. The number of nitrogens with zero attached hydrogens (tertiary/aromatic N) is 2. The zero-order chi connectivity index (χ0) is 23.8. The first-order chi connectivity index (χ1) is 15.6. The van der Waals surface area contributed by atoms with Crippen LogP contribution in [0.15, 0.2) is 35.5 Å². The van der Waals surface area contributed by atoms with Gasteiger partial charge < -0.3 is 25.3 Å². The highest BCUT2D eigenvalue weighted by atomic mass is 35.5. The quantitative estimate of drug-likeness (QED) is 0.581. The Balaban J connectivity index is 0.00000324. The number of pyridine rings is 1. The third-order valence-electron chi connectivity index (χ3n) is 5.21. The van der Waals surface area contributed by atoms with E-state index < -0.39 is 60.7 Å². The molecular formula is C20H18ClF5N4O4. The van der Waals surface area contributed by atoms with Crippen LogP contribution in [0.1, 0.15) is 16.1 Å². The molecule has 0 spiro atoms. The molecule has 2 atom stereocenters. The Morgan fingerprint density at radius 2 is 1.97 bits per heavy atom. The van der Waals surface area contributed by atoms with Gasteiger partial charge in [0, 0.05) is 17.3 Å². The van der Waals surface area contributed by atoms with Gasteiger partial charge in [-0.15, -0.1) is 12.4 Å². The topological polar surface area (TPSA) is 108 Å². The van der Waals surface area contributed by atoms with E-state index in [1.807, 2.05) is 0 Å². The largest absolute Gasteiger partial charge is 0.486 e. The number of carbonyl (C=O) groups excluding carboxylic acids is 1. The molecule has 3 N–H and O–H groups in total. The van der Waals surface area contributed by atoms with Crippen LogP contribution in [0, 0.1) is 11.6 Å². The maximum Gasteiger partial charge on any atom is 0.283 e. The summed E-state index contributed by atoms with van der Waals surface area (Å²) in [6.07, 6.45) is -1.87. The number of fused-ring (bicyclic) bond motifs is 1. The summed E-state index contributed by atoms with van der Waals surface area (Å²) in [5, 5.41) is 2.33. The number of nitrogens with one attached hydrogen (secondary N) is 1. The summed E-state index contributed by atoms with van der Waals surface area (Å²) in [6.45, 7) is -2.20. The summed E-state index contributed by atoms with van der Waals surface area (Å²) >= 11 is 0. The standard InChI is InChI=1S/C20H17F5N4O4.ClH/c21-13-2-1-10(3-12(13)20-9-31-7-19(20,25)8-33-18(26)29-20)28-17(30)16-14(22)4-11(5-27-16)32-6-15(23)24;/h1-5,15H,6-9H2,(H2,26,29)(H,28,30);1H. The van der Waals surface area contributed by atoms with E-state index in [0.29, 0.717) is 0 Å². The summed E-state index contributed by atoms with van der Waals surface area (Å²) in [5.41, 5.74) is 0.628. The van der Waals surface area contributed by atoms with Crippen molar-refractivity contribution in [1.82, 2.24) is 4.98 Å². The molecule has 0 radical (unpaired) electrons. The van der Waals surface area contributed by atoms with Gasteiger partial charge in [-0.3, -0.25) is 4.79 Å². The van der Waals surface area contributed by atoms with E-state index in [9.17, 15) is 22.4 Å². The van der Waals surface area contributed by atoms with E-state index in [0.717, 1.165) is 24.4 Å². The zero-order valence-corrected chi connectivity index (χ0v) is 18.0. The zero-order valence-electron chi connectivity index (χ0n) is 17.2. The number of anilines is 1. The minimum absolute atomic E-state index is 0. The van der Waals surface area contributed by atoms with E-state index in [1.165, 1.54) is 6.07 Å². The molecule has 0 saturated carbocycles. The van der Waals surface area contributed by atoms with Gasteiger partial charge in [0.05, 0.1) is 19.4 Å². The van der Waals surface area contributed by atoms with Crippen LogP contribution in [0.3, 0.4) is 0 Å². The number of benzene rings is 1. The Labute approximate surface area is 195 Å². The Morgan fingerprint density at radius 1 is 1.21 bits per heavy atom. The Bertz CT molecular complexity index is 1120. The average molecular weight is 509 g/mol. The van der Waals surface area contributed by atoms with Crippen molar-refractivity contribution in [3.63, 3.8) is 0 Å². The number of aromatic nitrogens is 1. The lowest BCUT2D eigenvalue weighted by Gasteiger charge is -2.38. The van der Waals surface area contributed by atoms with Crippen LogP contribution in [-0.2, 0) is 15.0 Å². The number of alkyl halides is 3. The molecular weight excluding hydrogens is 491 g/mol. The number of hydrogen-bond donors (Lipinski definition) is 2. The number of aliphatic imine (C=N–C) groups is 1. The van der Waals surface area contributed by atoms with Crippen LogP contribution in [0.5, 0.6) is 5.75 Å². The van der Waals surface area contributed by atoms with Crippen molar-refractivity contribution in [3.8, 4) is 5.75 Å². The molecule has 14 heteroatoms. The van der Waals surface area contributed by atoms with Crippen molar-refractivity contribution in [2.75, 3.05) is 31.7 Å². The fourth-order valence-corrected chi connectivity index (χ4v) is 3.63. The summed E-state index contributed by atoms with van der Waals surface area (Å²) in [7, 11) is 0. The molecule has 2 unspecified atom stereocenters. The van der Waals surface area contributed by atoms with Gasteiger partial charge in [0.2, 0.25) is 0 Å². The molecule has 1 aromatic heterocycles. The van der Waals surface area contributed by atoms with Crippen molar-refractivity contribution < 1.29 is 41.0 Å². The third kappa shape index (κ3) is 4.57. The normalized spacial score (nSPS) is 23.4. The Hall–Kier alpha value is -3.19. The van der Waals surface area contributed by atoms with Crippen LogP contribution in [0.2, 0.25) is 0 Å². The van der Waals surface area contributed by atoms with Crippen LogP contribution in [0.4, 0.5) is 27.6 Å². The second-order valence-corrected chi connectivity index (χ2v) is 7.41. The maximum atomic E-state index is 15.5. The summed E-state index contributed by atoms with van der Waals surface area (Å²) in [5.74, 6) is -3.27. The molecule has 2 aliphatic heterocycles. The Kier molecular flexibility index (Phi) is 7.17. The molecule has 3 heterocycles. The smallest absolute Gasteiger partial charge is 0.283 e. The molecule has 4 rings (SSSR count). The highest BCUT2D eigenvalue weighted by Crippen LogP contribution is 2.48. The van der Waals surface area contributed by atoms with Gasteiger partial charge in [0.1, 0.15) is 24.8 Å². The van der Waals surface area contributed by atoms with Crippen molar-refractivity contribution in [3.05, 3.63) is 53.4 Å². The number of halogens is 6. The molecule has 0 bridgehead atoms. The van der Waals surface area contributed by atoms with Gasteiger partial charge in [-0.05, 0) is 18.2 Å². The van der Waals surface area contributed by atoms with Gasteiger partial charge in [0.15, 0.2) is 22.7 Å². The fraction of sp³-hybridized carbons (Fsp3) is 0.350. The second kappa shape index (κ2) is 9.58. The lowest BCUT2D eigenvalue weighted by molar-refractivity contribution is 0.00905. The van der Waals surface area contributed by atoms with Crippen LogP contribution < -0.4 is 15.8 Å². The van der Waals surface area contributed by atoms with Gasteiger partial charge in [-0.25, -0.2) is 31.9 Å². The van der Waals surface area contributed by atoms with E-state index in [2.05, 4.69) is 20.0 Å². The summed E-state index contributed by atoms with van der Waals surface area (Å²) in [4.78, 5) is 20.1. The first-order valence-corrected chi connectivity index (χ1v) is 9.56. The van der Waals surface area contributed by atoms with E-state index >= 15 is 4.39 Å². The molecule has 1 amide bonds. The first-order valence-electron chi connectivity index (χ1n) is 9.56. The molecule has 1 saturated heterocycles. The summed E-state index contributed by atoms with van der Waals surface area (Å²) in [6, 6.07) is 3.67. The molecule has 1 aromatic carbocycles. The molecule has 2 aliphatic rings. The number of amides is 1. The summed E-state index contributed by atoms with van der Waals surface area (Å²) < 4.78 is 83.8. The minimum Gasteiger partial charge on any atom is -0.486 e. The molecule has 1 fully saturated rings. The number of carbonyl (C=O) groups is 1. The minimum atomic E-state index is -2.77. The first kappa shape index (κ1) is 25.4.